The van der Waals surface area contributed by atoms with E-state index in [0.717, 1.165) is 78.6 Å². The molecule has 302 valence electrons. The molecule has 10 aromatic rings. The SMILES string of the molecule is c1ccc(-c2cccc(-c3nc(-c4ccc(-c5ccc6ccccc6c5)cc4)nc(-c4cc(-c5ccc(C67CC8CC(CC(C8)C6)C7)cc5)cc5c4oc4ccccc45)n3)c2)cc1. The molecule has 0 unspecified atom stereocenters. The maximum absolute atomic E-state index is 6.75. The smallest absolute Gasteiger partial charge is 0.167 e. The van der Waals surface area contributed by atoms with Gasteiger partial charge >= 0.3 is 0 Å². The largest absolute Gasteiger partial charge is 0.455 e. The predicted octanol–water partition coefficient (Wildman–Crippen LogP) is 15.4. The van der Waals surface area contributed by atoms with E-state index in [2.05, 4.69) is 170 Å². The van der Waals surface area contributed by atoms with E-state index in [9.17, 15) is 0 Å². The first kappa shape index (κ1) is 36.5. The summed E-state index contributed by atoms with van der Waals surface area (Å²) in [6.07, 6.45) is 8.44. The van der Waals surface area contributed by atoms with Gasteiger partial charge in [-0.2, -0.15) is 0 Å². The molecule has 0 atom stereocenters. The van der Waals surface area contributed by atoms with E-state index in [4.69, 9.17) is 19.4 Å². The number of hydrogen-bond donors (Lipinski definition) is 0. The summed E-state index contributed by atoms with van der Waals surface area (Å²) >= 11 is 0. The van der Waals surface area contributed by atoms with Gasteiger partial charge in [0.05, 0.1) is 5.56 Å². The number of aromatic nitrogens is 3. The molecule has 4 aliphatic rings. The van der Waals surface area contributed by atoms with Crippen molar-refractivity contribution in [1.82, 2.24) is 15.0 Å². The minimum absolute atomic E-state index is 0.353. The molecule has 4 aliphatic carbocycles. The molecule has 2 aromatic heterocycles. The van der Waals surface area contributed by atoms with Crippen LogP contribution in [0, 0.1) is 17.8 Å². The molecule has 8 aromatic carbocycles. The van der Waals surface area contributed by atoms with Crippen molar-refractivity contribution < 1.29 is 4.42 Å². The summed E-state index contributed by atoms with van der Waals surface area (Å²) in [7, 11) is 0. The van der Waals surface area contributed by atoms with Crippen molar-refractivity contribution in [2.75, 3.05) is 0 Å². The van der Waals surface area contributed by atoms with Gasteiger partial charge in [-0.05, 0) is 142 Å². The summed E-state index contributed by atoms with van der Waals surface area (Å²) < 4.78 is 6.75. The van der Waals surface area contributed by atoms with Gasteiger partial charge in [0.2, 0.25) is 0 Å². The van der Waals surface area contributed by atoms with Gasteiger partial charge in [0.15, 0.2) is 17.5 Å². The van der Waals surface area contributed by atoms with Gasteiger partial charge in [-0.1, -0.05) is 152 Å². The third-order valence-corrected chi connectivity index (χ3v) is 14.7. The zero-order valence-electron chi connectivity index (χ0n) is 35.0. The Morgan fingerprint density at radius 2 is 0.937 bits per heavy atom. The molecule has 2 heterocycles. The topological polar surface area (TPSA) is 51.8 Å². The Hall–Kier alpha value is -7.17. The highest BCUT2D eigenvalue weighted by Crippen LogP contribution is 2.61. The number of hydrogen-bond acceptors (Lipinski definition) is 4. The van der Waals surface area contributed by atoms with Crippen molar-refractivity contribution in [2.24, 2.45) is 17.8 Å². The highest BCUT2D eigenvalue weighted by molar-refractivity contribution is 6.11. The van der Waals surface area contributed by atoms with Crippen molar-refractivity contribution in [3.8, 4) is 67.5 Å². The van der Waals surface area contributed by atoms with Crippen LogP contribution >= 0.6 is 0 Å². The average molecular weight is 812 g/mol. The predicted molar refractivity (Wildman–Crippen MR) is 257 cm³/mol. The summed E-state index contributed by atoms with van der Waals surface area (Å²) in [5.41, 5.74) is 13.1. The zero-order chi connectivity index (χ0) is 41.5. The summed E-state index contributed by atoms with van der Waals surface area (Å²) in [4.78, 5) is 15.9. The molecule has 4 saturated carbocycles. The molecule has 0 amide bonds. The molecule has 0 aliphatic heterocycles. The Kier molecular flexibility index (Phi) is 8.37. The molecule has 0 radical (unpaired) electrons. The summed E-state index contributed by atoms with van der Waals surface area (Å²) in [5.74, 6) is 4.53. The summed E-state index contributed by atoms with van der Waals surface area (Å²) in [6, 6.07) is 65.2. The lowest BCUT2D eigenvalue weighted by molar-refractivity contribution is -0.00518. The lowest BCUT2D eigenvalue weighted by Gasteiger charge is -2.57. The van der Waals surface area contributed by atoms with E-state index in [0.29, 0.717) is 22.9 Å². The fourth-order valence-electron chi connectivity index (χ4n) is 12.0. The molecular weight excluding hydrogens is 767 g/mol. The molecule has 63 heavy (non-hydrogen) atoms. The monoisotopic (exact) mass is 811 g/mol. The van der Waals surface area contributed by atoms with Crippen molar-refractivity contribution >= 4 is 32.7 Å². The second-order valence-corrected chi connectivity index (χ2v) is 18.7. The number of fused-ring (bicyclic) bond motifs is 4. The highest BCUT2D eigenvalue weighted by atomic mass is 16.3. The molecule has 4 fully saturated rings. The second kappa shape index (κ2) is 14.5. The first-order chi connectivity index (χ1) is 31.1. The van der Waals surface area contributed by atoms with E-state index in [-0.39, 0.29) is 0 Å². The van der Waals surface area contributed by atoms with Crippen molar-refractivity contribution in [3.05, 3.63) is 188 Å². The third-order valence-electron chi connectivity index (χ3n) is 14.7. The molecule has 4 heteroatoms. The quantitative estimate of drug-likeness (QED) is 0.161. The van der Waals surface area contributed by atoms with Gasteiger partial charge < -0.3 is 4.42 Å². The van der Waals surface area contributed by atoms with Crippen LogP contribution in [0.1, 0.15) is 44.1 Å². The zero-order valence-corrected chi connectivity index (χ0v) is 35.0. The van der Waals surface area contributed by atoms with Crippen LogP contribution in [-0.4, -0.2) is 15.0 Å². The van der Waals surface area contributed by atoms with E-state index in [1.807, 2.05) is 12.1 Å². The maximum atomic E-state index is 6.75. The van der Waals surface area contributed by atoms with Crippen LogP contribution < -0.4 is 0 Å². The molecule has 4 nitrogen and oxygen atoms in total. The maximum Gasteiger partial charge on any atom is 0.167 e. The van der Waals surface area contributed by atoms with Crippen molar-refractivity contribution in [3.63, 3.8) is 0 Å². The fourth-order valence-corrected chi connectivity index (χ4v) is 12.0. The van der Waals surface area contributed by atoms with Gasteiger partial charge in [-0.3, -0.25) is 0 Å². The molecule has 0 spiro atoms. The van der Waals surface area contributed by atoms with Crippen LogP contribution in [0.2, 0.25) is 0 Å². The normalized spacial score (nSPS) is 20.2. The number of para-hydroxylation sites is 1. The number of furan rings is 1. The highest BCUT2D eigenvalue weighted by Gasteiger charge is 2.51. The second-order valence-electron chi connectivity index (χ2n) is 18.7. The molecule has 4 bridgehead atoms. The van der Waals surface area contributed by atoms with E-state index in [1.165, 1.54) is 66.0 Å². The van der Waals surface area contributed by atoms with Crippen LogP contribution in [0.4, 0.5) is 0 Å². The van der Waals surface area contributed by atoms with Gasteiger partial charge in [0.1, 0.15) is 11.2 Å². The van der Waals surface area contributed by atoms with E-state index in [1.54, 1.807) is 0 Å². The number of rotatable bonds is 7. The van der Waals surface area contributed by atoms with Gasteiger partial charge in [0.25, 0.3) is 0 Å². The minimum atomic E-state index is 0.353. The van der Waals surface area contributed by atoms with Gasteiger partial charge in [-0.25, -0.2) is 15.0 Å². The standard InChI is InChI=1S/C59H45N3O/c1-2-9-40(10-3-1)46-13-8-14-48(31-46)57-60-56(44-20-17-42(18-21-44)47-22-19-41-11-4-5-12-45(41)30-47)61-58(62-57)53-33-49(32-52-51-15-6-7-16-54(51)63-55(52)53)43-23-25-50(26-24-43)59-34-37-27-38(35-59)29-39(28-37)36-59/h1-26,30-33,37-39H,27-29,34-36H2. The van der Waals surface area contributed by atoms with Gasteiger partial charge in [-0.15, -0.1) is 0 Å². The van der Waals surface area contributed by atoms with Crippen LogP contribution in [0.5, 0.6) is 0 Å². The summed E-state index contributed by atoms with van der Waals surface area (Å²) in [5, 5.41) is 4.59. The Morgan fingerprint density at radius 1 is 0.381 bits per heavy atom. The molecule has 14 rings (SSSR count). The van der Waals surface area contributed by atoms with Crippen LogP contribution in [0.3, 0.4) is 0 Å². The van der Waals surface area contributed by atoms with Gasteiger partial charge in [0, 0.05) is 21.9 Å². The lowest BCUT2D eigenvalue weighted by Crippen LogP contribution is -2.48. The van der Waals surface area contributed by atoms with Crippen LogP contribution in [0.25, 0.3) is 100 Å². The third kappa shape index (κ3) is 6.38. The molecule has 0 N–H and O–H groups in total. The molecular formula is C59H45N3O. The van der Waals surface area contributed by atoms with Crippen LogP contribution in [-0.2, 0) is 5.41 Å². The number of nitrogens with zero attached hydrogens (tertiary/aromatic N) is 3. The molecule has 0 saturated heterocycles. The summed E-state index contributed by atoms with van der Waals surface area (Å²) in [6.45, 7) is 0. The van der Waals surface area contributed by atoms with Crippen molar-refractivity contribution in [1.29, 1.82) is 0 Å². The Bertz CT molecular complexity index is 3330. The van der Waals surface area contributed by atoms with Crippen LogP contribution in [0.15, 0.2) is 186 Å². The lowest BCUT2D eigenvalue weighted by atomic mass is 9.48. The first-order valence-corrected chi connectivity index (χ1v) is 22.7. The Balaban J connectivity index is 0.958. The Labute approximate surface area is 367 Å². The van der Waals surface area contributed by atoms with E-state index < -0.39 is 0 Å². The average Bonchev–Trinajstić information content (AvgIpc) is 3.72. The number of benzene rings is 8. The van der Waals surface area contributed by atoms with E-state index >= 15 is 0 Å². The fraction of sp³-hybridized carbons (Fsp3) is 0.169. The van der Waals surface area contributed by atoms with Crippen molar-refractivity contribution in [2.45, 2.75) is 43.9 Å². The first-order valence-electron chi connectivity index (χ1n) is 22.7. The minimum Gasteiger partial charge on any atom is -0.455 e. The Morgan fingerprint density at radius 3 is 1.71 bits per heavy atom.